The van der Waals surface area contributed by atoms with Gasteiger partial charge in [0.15, 0.2) is 13.2 Å². The number of alkyl halides is 3. The molecule has 0 fully saturated rings. The summed E-state index contributed by atoms with van der Waals surface area (Å²) in [5.41, 5.74) is -1.84. The molecule has 160 valence electrons. The third-order valence-electron chi connectivity index (χ3n) is 3.59. The molecule has 0 radical (unpaired) electrons. The van der Waals surface area contributed by atoms with Crippen molar-refractivity contribution in [2.24, 2.45) is 0 Å². The molecule has 30 heavy (non-hydrogen) atoms. The molecule has 12 heteroatoms. The largest absolute Gasteiger partial charge is 0.480 e. The van der Waals surface area contributed by atoms with Crippen molar-refractivity contribution < 1.29 is 37.2 Å². The summed E-state index contributed by atoms with van der Waals surface area (Å²) in [6.07, 6.45) is -4.79. The summed E-state index contributed by atoms with van der Waals surface area (Å²) in [6.45, 7) is 0.394. The average molecular weight is 447 g/mol. The Bertz CT molecular complexity index is 981. The quantitative estimate of drug-likeness (QED) is 0.389. The fourth-order valence-electron chi connectivity index (χ4n) is 2.20. The first-order valence-corrected chi connectivity index (χ1v) is 8.55. The molecule has 2 aromatic carbocycles. The molecule has 1 N–H and O–H groups in total. The first kappa shape index (κ1) is 22.9. The molecule has 0 aliphatic rings. The van der Waals surface area contributed by atoms with Gasteiger partial charge in [-0.1, -0.05) is 17.7 Å². The highest BCUT2D eigenvalue weighted by Gasteiger charge is 2.33. The highest BCUT2D eigenvalue weighted by atomic mass is 35.5. The van der Waals surface area contributed by atoms with Crippen molar-refractivity contribution in [1.29, 1.82) is 0 Å². The molecule has 0 bridgehead atoms. The zero-order valence-electron chi connectivity index (χ0n) is 15.3. The molecule has 2 aromatic rings. The lowest BCUT2D eigenvalue weighted by molar-refractivity contribution is -0.384. The predicted octanol–water partition coefficient (Wildman–Crippen LogP) is 4.14. The number of ether oxygens (including phenoxy) is 2. The Labute approximate surface area is 172 Å². The number of carbonyl (C=O) groups is 2. The van der Waals surface area contributed by atoms with Crippen LogP contribution in [0.2, 0.25) is 5.02 Å². The summed E-state index contributed by atoms with van der Waals surface area (Å²) in [6, 6.07) is 6.50. The van der Waals surface area contributed by atoms with Gasteiger partial charge in [0.05, 0.1) is 15.5 Å². The molecule has 1 amide bonds. The van der Waals surface area contributed by atoms with Crippen molar-refractivity contribution in [2.45, 2.75) is 13.1 Å². The molecular weight excluding hydrogens is 433 g/mol. The Balaban J connectivity index is 1.93. The van der Waals surface area contributed by atoms with Gasteiger partial charge < -0.3 is 14.8 Å². The van der Waals surface area contributed by atoms with E-state index in [4.69, 9.17) is 16.3 Å². The summed E-state index contributed by atoms with van der Waals surface area (Å²) < 4.78 is 47.9. The first-order chi connectivity index (χ1) is 14.0. The number of esters is 1. The van der Waals surface area contributed by atoms with Gasteiger partial charge >= 0.3 is 12.1 Å². The maximum absolute atomic E-state index is 12.7. The molecule has 0 unspecified atom stereocenters. The lowest BCUT2D eigenvalue weighted by Crippen LogP contribution is -2.24. The topological polar surface area (TPSA) is 108 Å². The third kappa shape index (κ3) is 6.34. The molecule has 0 heterocycles. The van der Waals surface area contributed by atoms with Gasteiger partial charge in [0.25, 0.3) is 11.6 Å². The fraction of sp³-hybridized carbons (Fsp3) is 0.222. The number of nitrogens with one attached hydrogen (secondary N) is 1. The minimum Gasteiger partial charge on any atom is -0.480 e. The van der Waals surface area contributed by atoms with Gasteiger partial charge in [-0.3, -0.25) is 14.9 Å². The number of amides is 1. The smallest absolute Gasteiger partial charge is 0.416 e. The zero-order chi connectivity index (χ0) is 22.5. The van der Waals surface area contributed by atoms with Crippen LogP contribution in [0.3, 0.4) is 0 Å². The van der Waals surface area contributed by atoms with Crippen LogP contribution in [0.5, 0.6) is 5.75 Å². The van der Waals surface area contributed by atoms with Gasteiger partial charge in [-0.05, 0) is 36.8 Å². The van der Waals surface area contributed by atoms with E-state index < -0.39 is 53.1 Å². The van der Waals surface area contributed by atoms with Gasteiger partial charge in [0.2, 0.25) is 0 Å². The van der Waals surface area contributed by atoms with Crippen LogP contribution in [0.1, 0.15) is 11.1 Å². The SMILES string of the molecule is Cc1ccc(Cl)c(OCC(=O)OCC(=O)Nc2ccc(C(F)(F)F)cc2[N+](=O)[O-])c1. The second-order valence-electron chi connectivity index (χ2n) is 5.92. The normalized spacial score (nSPS) is 11.0. The van der Waals surface area contributed by atoms with Crippen molar-refractivity contribution in [1.82, 2.24) is 0 Å². The van der Waals surface area contributed by atoms with Crippen LogP contribution in [0.15, 0.2) is 36.4 Å². The Morgan fingerprint density at radius 3 is 2.50 bits per heavy atom. The van der Waals surface area contributed by atoms with Gasteiger partial charge in [0.1, 0.15) is 11.4 Å². The number of nitro benzene ring substituents is 1. The Hall–Kier alpha value is -3.34. The maximum atomic E-state index is 12.7. The first-order valence-electron chi connectivity index (χ1n) is 8.17. The monoisotopic (exact) mass is 446 g/mol. The molecule has 0 aromatic heterocycles. The van der Waals surface area contributed by atoms with E-state index in [1.54, 1.807) is 25.1 Å². The summed E-state index contributed by atoms with van der Waals surface area (Å²) in [5, 5.41) is 13.3. The van der Waals surface area contributed by atoms with E-state index in [0.29, 0.717) is 12.1 Å². The number of anilines is 1. The second-order valence-corrected chi connectivity index (χ2v) is 6.33. The number of nitro groups is 1. The van der Waals surface area contributed by atoms with E-state index in [-0.39, 0.29) is 10.8 Å². The highest BCUT2D eigenvalue weighted by molar-refractivity contribution is 6.32. The van der Waals surface area contributed by atoms with Crippen LogP contribution in [-0.2, 0) is 20.5 Å². The van der Waals surface area contributed by atoms with Crippen LogP contribution < -0.4 is 10.1 Å². The van der Waals surface area contributed by atoms with E-state index in [0.717, 1.165) is 11.6 Å². The number of benzene rings is 2. The van der Waals surface area contributed by atoms with E-state index in [9.17, 15) is 32.9 Å². The van der Waals surface area contributed by atoms with Crippen molar-refractivity contribution in [3.63, 3.8) is 0 Å². The molecule has 0 aliphatic heterocycles. The Kier molecular flexibility index (Phi) is 7.22. The molecule has 8 nitrogen and oxygen atoms in total. The van der Waals surface area contributed by atoms with Gasteiger partial charge in [-0.2, -0.15) is 13.2 Å². The van der Waals surface area contributed by atoms with E-state index in [1.165, 1.54) is 0 Å². The van der Waals surface area contributed by atoms with Gasteiger partial charge in [0, 0.05) is 6.07 Å². The predicted molar refractivity (Wildman–Crippen MR) is 99.4 cm³/mol. The summed E-state index contributed by atoms with van der Waals surface area (Å²) in [5.74, 6) is -1.68. The Morgan fingerprint density at radius 2 is 1.87 bits per heavy atom. The van der Waals surface area contributed by atoms with Gasteiger partial charge in [-0.25, -0.2) is 4.79 Å². The van der Waals surface area contributed by atoms with Crippen molar-refractivity contribution in [3.05, 3.63) is 62.7 Å². The number of aryl methyl sites for hydroxylation is 1. The number of hydrogen-bond donors (Lipinski definition) is 1. The number of hydrogen-bond acceptors (Lipinski definition) is 6. The number of nitrogens with zero attached hydrogens (tertiary/aromatic N) is 1. The molecule has 0 aliphatic carbocycles. The minimum absolute atomic E-state index is 0.235. The molecule has 2 rings (SSSR count). The molecule has 0 atom stereocenters. The molecular formula is C18H14ClF3N2O6. The Morgan fingerprint density at radius 1 is 1.17 bits per heavy atom. The lowest BCUT2D eigenvalue weighted by Gasteiger charge is -2.11. The van der Waals surface area contributed by atoms with E-state index >= 15 is 0 Å². The lowest BCUT2D eigenvalue weighted by atomic mass is 10.1. The van der Waals surface area contributed by atoms with E-state index in [1.807, 2.05) is 5.32 Å². The summed E-state index contributed by atoms with van der Waals surface area (Å²) >= 11 is 5.91. The van der Waals surface area contributed by atoms with E-state index in [2.05, 4.69) is 4.74 Å². The third-order valence-corrected chi connectivity index (χ3v) is 3.90. The molecule has 0 saturated heterocycles. The number of halogens is 4. The average Bonchev–Trinajstić information content (AvgIpc) is 2.66. The highest BCUT2D eigenvalue weighted by Crippen LogP contribution is 2.35. The van der Waals surface area contributed by atoms with Crippen LogP contribution in [0.4, 0.5) is 24.5 Å². The summed E-state index contributed by atoms with van der Waals surface area (Å²) in [7, 11) is 0. The second kappa shape index (κ2) is 9.44. The minimum atomic E-state index is -4.79. The number of carbonyl (C=O) groups excluding carboxylic acids is 2. The molecule has 0 spiro atoms. The zero-order valence-corrected chi connectivity index (χ0v) is 16.0. The fourth-order valence-corrected chi connectivity index (χ4v) is 2.37. The van der Waals surface area contributed by atoms with Crippen LogP contribution in [-0.4, -0.2) is 30.0 Å². The maximum Gasteiger partial charge on any atom is 0.416 e. The van der Waals surface area contributed by atoms with Crippen molar-refractivity contribution >= 4 is 34.9 Å². The number of rotatable bonds is 7. The standard InChI is InChI=1S/C18H14ClF3N2O6/c1-10-2-4-12(19)15(6-10)29-9-17(26)30-8-16(25)23-13-5-3-11(18(20,21)22)7-14(13)24(27)28/h2-7H,8-9H2,1H3,(H,23,25). The summed E-state index contributed by atoms with van der Waals surface area (Å²) in [4.78, 5) is 33.5. The molecule has 0 saturated carbocycles. The van der Waals surface area contributed by atoms with Crippen molar-refractivity contribution in [3.8, 4) is 5.75 Å². The van der Waals surface area contributed by atoms with Crippen LogP contribution in [0.25, 0.3) is 0 Å². The van der Waals surface area contributed by atoms with Crippen LogP contribution in [0, 0.1) is 17.0 Å². The van der Waals surface area contributed by atoms with Crippen LogP contribution >= 0.6 is 11.6 Å². The van der Waals surface area contributed by atoms with Crippen molar-refractivity contribution in [2.75, 3.05) is 18.5 Å². The van der Waals surface area contributed by atoms with Gasteiger partial charge in [-0.15, -0.1) is 0 Å².